The van der Waals surface area contributed by atoms with E-state index in [9.17, 15) is 9.59 Å². The highest BCUT2D eigenvalue weighted by atomic mass is 16.5. The topological polar surface area (TPSA) is 61.8 Å². The van der Waals surface area contributed by atoms with Crippen molar-refractivity contribution in [3.63, 3.8) is 0 Å². The molecule has 0 spiro atoms. The van der Waals surface area contributed by atoms with Crippen molar-refractivity contribution < 1.29 is 23.8 Å². The van der Waals surface area contributed by atoms with Crippen LogP contribution in [-0.2, 0) is 4.79 Å². The molecule has 0 aromatic heterocycles. The fraction of sp³-hybridized carbons (Fsp3) is 0.238. The SMILES string of the molecule is COc1ccc(C=C2Oc3cc(OC(=O)C(C)(C)C)ccc3C2=O)cc1. The number of Topliss-reactive ketones (excluding diaryl/α,β-unsaturated/α-hetero) is 1. The molecule has 0 N–H and O–H groups in total. The van der Waals surface area contributed by atoms with Gasteiger partial charge in [0.1, 0.15) is 17.2 Å². The number of methoxy groups -OCH3 is 1. The molecule has 0 fully saturated rings. The molecular formula is C21H20O5. The molecule has 2 aromatic carbocycles. The van der Waals surface area contributed by atoms with E-state index < -0.39 is 5.41 Å². The quantitative estimate of drug-likeness (QED) is 0.469. The Morgan fingerprint density at radius 2 is 1.69 bits per heavy atom. The third kappa shape index (κ3) is 3.61. The molecule has 0 saturated carbocycles. The Labute approximate surface area is 152 Å². The molecule has 0 radical (unpaired) electrons. The Bertz CT molecular complexity index is 886. The first-order valence-electron chi connectivity index (χ1n) is 8.22. The van der Waals surface area contributed by atoms with Crippen LogP contribution >= 0.6 is 0 Å². The summed E-state index contributed by atoms with van der Waals surface area (Å²) in [6.07, 6.45) is 1.67. The summed E-state index contributed by atoms with van der Waals surface area (Å²) in [5, 5.41) is 0. The highest BCUT2D eigenvalue weighted by Crippen LogP contribution is 2.35. The molecule has 1 aliphatic heterocycles. The predicted octanol–water partition coefficient (Wildman–Crippen LogP) is 4.26. The number of ether oxygens (including phenoxy) is 3. The van der Waals surface area contributed by atoms with Crippen LogP contribution in [0.4, 0.5) is 0 Å². The summed E-state index contributed by atoms with van der Waals surface area (Å²) in [5.74, 6) is 1.14. The van der Waals surface area contributed by atoms with Crippen LogP contribution < -0.4 is 14.2 Å². The van der Waals surface area contributed by atoms with Crippen molar-refractivity contribution in [2.24, 2.45) is 5.41 Å². The summed E-state index contributed by atoms with van der Waals surface area (Å²) in [4.78, 5) is 24.5. The summed E-state index contributed by atoms with van der Waals surface area (Å²) in [6, 6.07) is 12.1. The van der Waals surface area contributed by atoms with E-state index in [2.05, 4.69) is 0 Å². The van der Waals surface area contributed by atoms with Crippen molar-refractivity contribution in [1.82, 2.24) is 0 Å². The number of hydrogen-bond donors (Lipinski definition) is 0. The minimum atomic E-state index is -0.616. The average molecular weight is 352 g/mol. The first-order valence-corrected chi connectivity index (χ1v) is 8.22. The minimum absolute atomic E-state index is 0.204. The number of benzene rings is 2. The van der Waals surface area contributed by atoms with Crippen LogP contribution in [0.3, 0.4) is 0 Å². The zero-order chi connectivity index (χ0) is 18.9. The Morgan fingerprint density at radius 1 is 1.04 bits per heavy atom. The van der Waals surface area contributed by atoms with E-state index in [4.69, 9.17) is 14.2 Å². The zero-order valence-electron chi connectivity index (χ0n) is 15.2. The Morgan fingerprint density at radius 3 is 2.31 bits per heavy atom. The maximum atomic E-state index is 12.5. The zero-order valence-corrected chi connectivity index (χ0v) is 15.2. The van der Waals surface area contributed by atoms with Crippen molar-refractivity contribution in [3.8, 4) is 17.2 Å². The van der Waals surface area contributed by atoms with Gasteiger partial charge >= 0.3 is 5.97 Å². The number of fused-ring (bicyclic) bond motifs is 1. The molecule has 0 aliphatic carbocycles. The second kappa shape index (κ2) is 6.67. The summed E-state index contributed by atoms with van der Waals surface area (Å²) >= 11 is 0. The third-order valence-corrected chi connectivity index (χ3v) is 3.88. The summed E-state index contributed by atoms with van der Waals surface area (Å²) in [7, 11) is 1.60. The molecule has 0 atom stereocenters. The monoisotopic (exact) mass is 352 g/mol. The second-order valence-corrected chi connectivity index (χ2v) is 7.01. The Hall–Kier alpha value is -3.08. The maximum absolute atomic E-state index is 12.5. The lowest BCUT2D eigenvalue weighted by Gasteiger charge is -2.16. The van der Waals surface area contributed by atoms with Gasteiger partial charge < -0.3 is 14.2 Å². The molecule has 0 saturated heterocycles. The van der Waals surface area contributed by atoms with Crippen LogP contribution in [-0.4, -0.2) is 18.9 Å². The van der Waals surface area contributed by atoms with Gasteiger partial charge in [-0.1, -0.05) is 12.1 Å². The minimum Gasteiger partial charge on any atom is -0.497 e. The van der Waals surface area contributed by atoms with E-state index in [1.807, 2.05) is 24.3 Å². The molecule has 0 unspecified atom stereocenters. The number of hydrogen-bond acceptors (Lipinski definition) is 5. The van der Waals surface area contributed by atoms with Gasteiger partial charge in [-0.15, -0.1) is 0 Å². The van der Waals surface area contributed by atoms with Gasteiger partial charge in [0.05, 0.1) is 18.1 Å². The highest BCUT2D eigenvalue weighted by molar-refractivity contribution is 6.14. The fourth-order valence-electron chi connectivity index (χ4n) is 2.34. The molecule has 0 amide bonds. The summed E-state index contributed by atoms with van der Waals surface area (Å²) in [6.45, 7) is 5.33. The van der Waals surface area contributed by atoms with E-state index in [1.54, 1.807) is 52.2 Å². The van der Waals surface area contributed by atoms with E-state index in [0.29, 0.717) is 17.1 Å². The maximum Gasteiger partial charge on any atom is 0.316 e. The molecule has 134 valence electrons. The molecule has 5 nitrogen and oxygen atoms in total. The highest BCUT2D eigenvalue weighted by Gasteiger charge is 2.29. The van der Waals surface area contributed by atoms with Crippen molar-refractivity contribution in [3.05, 3.63) is 59.4 Å². The van der Waals surface area contributed by atoms with Crippen molar-refractivity contribution in [2.45, 2.75) is 20.8 Å². The fourth-order valence-corrected chi connectivity index (χ4v) is 2.34. The van der Waals surface area contributed by atoms with Crippen LogP contribution in [0.1, 0.15) is 36.7 Å². The molecule has 0 bridgehead atoms. The first-order chi connectivity index (χ1) is 12.3. The van der Waals surface area contributed by atoms with Crippen LogP contribution in [0.15, 0.2) is 48.2 Å². The number of carbonyl (C=O) groups excluding carboxylic acids is 2. The van der Waals surface area contributed by atoms with Gasteiger partial charge in [0, 0.05) is 6.07 Å². The number of allylic oxidation sites excluding steroid dienone is 1. The van der Waals surface area contributed by atoms with Crippen molar-refractivity contribution in [2.75, 3.05) is 7.11 Å². The Balaban J connectivity index is 1.82. The summed E-state index contributed by atoms with van der Waals surface area (Å²) < 4.78 is 16.2. The van der Waals surface area contributed by atoms with Gasteiger partial charge in [-0.2, -0.15) is 0 Å². The molecule has 26 heavy (non-hydrogen) atoms. The largest absolute Gasteiger partial charge is 0.497 e. The molecule has 2 aromatic rings. The van der Waals surface area contributed by atoms with Gasteiger partial charge in [-0.3, -0.25) is 9.59 Å². The van der Waals surface area contributed by atoms with Gasteiger partial charge in [0.15, 0.2) is 5.76 Å². The second-order valence-electron chi connectivity index (χ2n) is 7.01. The number of carbonyl (C=O) groups is 2. The van der Waals surface area contributed by atoms with Gasteiger partial charge in [-0.25, -0.2) is 0 Å². The average Bonchev–Trinajstić information content (AvgIpc) is 2.90. The number of ketones is 1. The standard InChI is InChI=1S/C21H20O5/c1-21(2,3)20(23)25-15-9-10-16-17(12-15)26-18(19(16)22)11-13-5-7-14(24-4)8-6-13/h5-12H,1-4H3. The number of rotatable bonds is 3. The van der Waals surface area contributed by atoms with Crippen LogP contribution in [0.5, 0.6) is 17.2 Å². The first kappa shape index (κ1) is 17.7. The van der Waals surface area contributed by atoms with Gasteiger partial charge in [-0.05, 0) is 56.7 Å². The Kier molecular flexibility index (Phi) is 4.55. The van der Waals surface area contributed by atoms with Crippen LogP contribution in [0, 0.1) is 5.41 Å². The van der Waals surface area contributed by atoms with E-state index in [0.717, 1.165) is 11.3 Å². The molecule has 3 rings (SSSR count). The lowest BCUT2D eigenvalue weighted by molar-refractivity contribution is -0.143. The smallest absolute Gasteiger partial charge is 0.316 e. The lowest BCUT2D eigenvalue weighted by atomic mass is 9.97. The van der Waals surface area contributed by atoms with Crippen LogP contribution in [0.25, 0.3) is 6.08 Å². The summed E-state index contributed by atoms with van der Waals surface area (Å²) in [5.41, 5.74) is 0.649. The van der Waals surface area contributed by atoms with Crippen LogP contribution in [0.2, 0.25) is 0 Å². The van der Waals surface area contributed by atoms with Gasteiger partial charge in [0.2, 0.25) is 5.78 Å². The molecule has 1 aliphatic rings. The van der Waals surface area contributed by atoms with Crippen molar-refractivity contribution >= 4 is 17.8 Å². The number of esters is 1. The predicted molar refractivity (Wildman–Crippen MR) is 97.5 cm³/mol. The molecular weight excluding hydrogens is 332 g/mol. The normalized spacial score (nSPS) is 14.8. The van der Waals surface area contributed by atoms with E-state index in [-0.39, 0.29) is 17.5 Å². The van der Waals surface area contributed by atoms with E-state index in [1.165, 1.54) is 0 Å². The van der Waals surface area contributed by atoms with Gasteiger partial charge in [0.25, 0.3) is 0 Å². The lowest BCUT2D eigenvalue weighted by Crippen LogP contribution is -2.25. The van der Waals surface area contributed by atoms with E-state index >= 15 is 0 Å². The molecule has 5 heteroatoms. The molecule has 1 heterocycles. The van der Waals surface area contributed by atoms with Crippen molar-refractivity contribution in [1.29, 1.82) is 0 Å². The third-order valence-electron chi connectivity index (χ3n) is 3.88.